The van der Waals surface area contributed by atoms with Gasteiger partial charge in [-0.3, -0.25) is 9.59 Å². The van der Waals surface area contributed by atoms with E-state index < -0.39 is 0 Å². The molecule has 6 heteroatoms. The molecule has 1 N–H and O–H groups in total. The van der Waals surface area contributed by atoms with Gasteiger partial charge in [-0.15, -0.1) is 0 Å². The molecule has 0 saturated heterocycles. The lowest BCUT2D eigenvalue weighted by atomic mass is 10.2. The van der Waals surface area contributed by atoms with Gasteiger partial charge in [0, 0.05) is 24.7 Å². The predicted molar refractivity (Wildman–Crippen MR) is 95.9 cm³/mol. The van der Waals surface area contributed by atoms with Gasteiger partial charge in [-0.25, -0.2) is 0 Å². The smallest absolute Gasteiger partial charge is 0.240 e. The van der Waals surface area contributed by atoms with Crippen LogP contribution in [0.5, 0.6) is 11.5 Å². The average Bonchev–Trinajstić information content (AvgIpc) is 2.64. The number of ether oxygens (including phenoxy) is 2. The van der Waals surface area contributed by atoms with Crippen molar-refractivity contribution >= 4 is 17.5 Å². The fraction of sp³-hybridized carbons (Fsp3) is 0.263. The van der Waals surface area contributed by atoms with Gasteiger partial charge in [0.15, 0.2) is 0 Å². The molecule has 0 aromatic heterocycles. The number of amides is 2. The maximum absolute atomic E-state index is 12.3. The maximum Gasteiger partial charge on any atom is 0.240 e. The first-order valence-electron chi connectivity index (χ1n) is 7.86. The molecule has 0 bridgehead atoms. The van der Waals surface area contributed by atoms with Gasteiger partial charge in [0.25, 0.3) is 0 Å². The summed E-state index contributed by atoms with van der Waals surface area (Å²) in [7, 11) is 3.16. The van der Waals surface area contributed by atoms with Crippen LogP contribution in [0.2, 0.25) is 0 Å². The number of nitrogens with zero attached hydrogens (tertiary/aromatic N) is 1. The maximum atomic E-state index is 12.3. The van der Waals surface area contributed by atoms with Crippen LogP contribution in [0.4, 0.5) is 5.69 Å². The number of hydrogen-bond donors (Lipinski definition) is 1. The summed E-state index contributed by atoms with van der Waals surface area (Å²) in [5, 5.41) is 2.81. The van der Waals surface area contributed by atoms with Crippen LogP contribution in [0.15, 0.2) is 48.5 Å². The Labute approximate surface area is 147 Å². The zero-order valence-corrected chi connectivity index (χ0v) is 14.6. The molecule has 6 nitrogen and oxygen atoms in total. The highest BCUT2D eigenvalue weighted by Crippen LogP contribution is 2.20. The van der Waals surface area contributed by atoms with Gasteiger partial charge in [-0.05, 0) is 30.3 Å². The molecule has 25 heavy (non-hydrogen) atoms. The highest BCUT2D eigenvalue weighted by Gasteiger charge is 2.16. The fourth-order valence-electron chi connectivity index (χ4n) is 2.39. The number of benzene rings is 2. The van der Waals surface area contributed by atoms with Crippen LogP contribution in [0, 0.1) is 0 Å². The summed E-state index contributed by atoms with van der Waals surface area (Å²) in [6.07, 6.45) is 0. The molecule has 0 fully saturated rings. The second-order valence-electron chi connectivity index (χ2n) is 5.39. The first-order valence-corrected chi connectivity index (χ1v) is 7.86. The zero-order chi connectivity index (χ0) is 18.2. The van der Waals surface area contributed by atoms with Crippen molar-refractivity contribution in [3.8, 4) is 11.5 Å². The van der Waals surface area contributed by atoms with Crippen LogP contribution in [-0.4, -0.2) is 32.6 Å². The van der Waals surface area contributed by atoms with Gasteiger partial charge in [0.1, 0.15) is 18.0 Å². The molecule has 0 unspecified atom stereocenters. The van der Waals surface area contributed by atoms with Crippen molar-refractivity contribution in [2.45, 2.75) is 13.5 Å². The van der Waals surface area contributed by atoms with Crippen molar-refractivity contribution in [3.63, 3.8) is 0 Å². The Bertz CT molecular complexity index is 728. The number of carbonyl (C=O) groups excluding carboxylic acids is 2. The highest BCUT2D eigenvalue weighted by atomic mass is 16.5. The number of anilines is 1. The molecular weight excluding hydrogens is 320 g/mol. The monoisotopic (exact) mass is 342 g/mol. The highest BCUT2D eigenvalue weighted by molar-refractivity contribution is 5.97. The van der Waals surface area contributed by atoms with E-state index in [2.05, 4.69) is 5.32 Å². The second kappa shape index (κ2) is 8.73. The van der Waals surface area contributed by atoms with Gasteiger partial charge in [-0.1, -0.05) is 18.2 Å². The Hall–Kier alpha value is -3.02. The SMILES string of the molecule is COc1ccc(N(CC(=O)NCc2ccccc2OC)C(C)=O)cc1. The molecule has 2 aromatic rings. The first-order chi connectivity index (χ1) is 12.0. The summed E-state index contributed by atoms with van der Waals surface area (Å²) in [6, 6.07) is 14.4. The van der Waals surface area contributed by atoms with E-state index in [1.165, 1.54) is 11.8 Å². The van der Waals surface area contributed by atoms with Crippen LogP contribution in [-0.2, 0) is 16.1 Å². The molecule has 0 atom stereocenters. The van der Waals surface area contributed by atoms with Crippen molar-refractivity contribution in [2.75, 3.05) is 25.7 Å². The number of carbonyl (C=O) groups is 2. The lowest BCUT2D eigenvalue weighted by molar-refractivity contribution is -0.123. The largest absolute Gasteiger partial charge is 0.497 e. The quantitative estimate of drug-likeness (QED) is 0.839. The van der Waals surface area contributed by atoms with E-state index in [9.17, 15) is 9.59 Å². The first kappa shape index (κ1) is 18.3. The van der Waals surface area contributed by atoms with Crippen LogP contribution < -0.4 is 19.7 Å². The minimum Gasteiger partial charge on any atom is -0.497 e. The third-order valence-corrected chi connectivity index (χ3v) is 3.73. The van der Waals surface area contributed by atoms with Crippen LogP contribution in [0.3, 0.4) is 0 Å². The molecule has 2 amide bonds. The third kappa shape index (κ3) is 4.97. The summed E-state index contributed by atoms with van der Waals surface area (Å²) < 4.78 is 10.4. The Balaban J connectivity index is 2.01. The zero-order valence-electron chi connectivity index (χ0n) is 14.6. The molecule has 0 aliphatic carbocycles. The molecule has 0 aliphatic heterocycles. The molecule has 132 valence electrons. The minimum absolute atomic E-state index is 0.0587. The molecule has 0 heterocycles. The topological polar surface area (TPSA) is 67.9 Å². The van der Waals surface area contributed by atoms with E-state index in [0.29, 0.717) is 23.7 Å². The van der Waals surface area contributed by atoms with Gasteiger partial charge in [0.05, 0.1) is 14.2 Å². The third-order valence-electron chi connectivity index (χ3n) is 3.73. The summed E-state index contributed by atoms with van der Waals surface area (Å²) in [5.41, 5.74) is 1.51. The van der Waals surface area contributed by atoms with Gasteiger partial charge in [0.2, 0.25) is 11.8 Å². The summed E-state index contributed by atoms with van der Waals surface area (Å²) in [5.74, 6) is 0.934. The molecule has 0 spiro atoms. The Kier molecular flexibility index (Phi) is 6.39. The van der Waals surface area contributed by atoms with Crippen molar-refractivity contribution in [1.82, 2.24) is 5.32 Å². The average molecular weight is 342 g/mol. The number of hydrogen-bond acceptors (Lipinski definition) is 4. The normalized spacial score (nSPS) is 10.0. The van der Waals surface area contributed by atoms with E-state index in [4.69, 9.17) is 9.47 Å². The van der Waals surface area contributed by atoms with E-state index in [1.807, 2.05) is 24.3 Å². The number of methoxy groups -OCH3 is 2. The molecule has 0 radical (unpaired) electrons. The van der Waals surface area contributed by atoms with E-state index in [1.54, 1.807) is 38.5 Å². The van der Waals surface area contributed by atoms with Gasteiger partial charge < -0.3 is 19.7 Å². The number of rotatable bonds is 7. The molecule has 0 aliphatic rings. The molecular formula is C19H22N2O4. The number of nitrogens with one attached hydrogen (secondary N) is 1. The van der Waals surface area contributed by atoms with Crippen molar-refractivity contribution in [1.29, 1.82) is 0 Å². The fourth-order valence-corrected chi connectivity index (χ4v) is 2.39. The Morgan fingerprint density at radius 3 is 2.28 bits per heavy atom. The van der Waals surface area contributed by atoms with Gasteiger partial charge in [-0.2, -0.15) is 0 Å². The predicted octanol–water partition coefficient (Wildman–Crippen LogP) is 2.37. The van der Waals surface area contributed by atoms with Crippen LogP contribution in [0.25, 0.3) is 0 Å². The van der Waals surface area contributed by atoms with Crippen molar-refractivity contribution in [3.05, 3.63) is 54.1 Å². The summed E-state index contributed by atoms with van der Waals surface area (Å²) >= 11 is 0. The van der Waals surface area contributed by atoms with E-state index >= 15 is 0 Å². The van der Waals surface area contributed by atoms with Gasteiger partial charge >= 0.3 is 0 Å². The minimum atomic E-state index is -0.253. The summed E-state index contributed by atoms with van der Waals surface area (Å²) in [4.78, 5) is 25.6. The molecule has 2 aromatic carbocycles. The lowest BCUT2D eigenvalue weighted by Gasteiger charge is -2.21. The summed E-state index contributed by atoms with van der Waals surface area (Å²) in [6.45, 7) is 1.70. The van der Waals surface area contributed by atoms with Crippen molar-refractivity contribution < 1.29 is 19.1 Å². The van der Waals surface area contributed by atoms with E-state index in [-0.39, 0.29) is 18.4 Å². The molecule has 2 rings (SSSR count). The van der Waals surface area contributed by atoms with E-state index in [0.717, 1.165) is 5.56 Å². The Morgan fingerprint density at radius 1 is 1.00 bits per heavy atom. The lowest BCUT2D eigenvalue weighted by Crippen LogP contribution is -2.39. The number of para-hydroxylation sites is 1. The Morgan fingerprint density at radius 2 is 1.68 bits per heavy atom. The van der Waals surface area contributed by atoms with Crippen LogP contribution >= 0.6 is 0 Å². The van der Waals surface area contributed by atoms with Crippen LogP contribution in [0.1, 0.15) is 12.5 Å². The standard InChI is InChI=1S/C19H22N2O4/c1-14(22)21(16-8-10-17(24-2)11-9-16)13-19(23)20-12-15-6-4-5-7-18(15)25-3/h4-11H,12-13H2,1-3H3,(H,20,23). The molecule has 0 saturated carbocycles. The second-order valence-corrected chi connectivity index (χ2v) is 5.39. The van der Waals surface area contributed by atoms with Crippen molar-refractivity contribution in [2.24, 2.45) is 0 Å².